The highest BCUT2D eigenvalue weighted by Gasteiger charge is 2.22. The number of hydrogen-bond acceptors (Lipinski definition) is 3. The summed E-state index contributed by atoms with van der Waals surface area (Å²) >= 11 is 0. The van der Waals surface area contributed by atoms with Crippen molar-refractivity contribution in [3.05, 3.63) is 35.9 Å². The van der Waals surface area contributed by atoms with Gasteiger partial charge in [0, 0.05) is 17.2 Å². The Morgan fingerprint density at radius 3 is 2.74 bits per heavy atom. The van der Waals surface area contributed by atoms with Gasteiger partial charge in [0.05, 0.1) is 14.2 Å². The normalized spacial score (nSPS) is 20.7. The van der Waals surface area contributed by atoms with E-state index in [4.69, 9.17) is 9.47 Å². The Hall–Kier alpha value is -1.97. The van der Waals surface area contributed by atoms with Crippen LogP contribution in [0.25, 0.3) is 0 Å². The minimum absolute atomic E-state index is 0.0460. The maximum absolute atomic E-state index is 12.6. The number of hydrogen-bond donors (Lipinski definition) is 1. The summed E-state index contributed by atoms with van der Waals surface area (Å²) in [6.45, 7) is 6.01. The van der Waals surface area contributed by atoms with Crippen molar-refractivity contribution in [1.82, 2.24) is 5.32 Å². The van der Waals surface area contributed by atoms with Gasteiger partial charge in [0.25, 0.3) is 5.91 Å². The van der Waals surface area contributed by atoms with Crippen LogP contribution in [0, 0.1) is 5.92 Å². The van der Waals surface area contributed by atoms with Crippen molar-refractivity contribution in [2.24, 2.45) is 5.92 Å². The van der Waals surface area contributed by atoms with Gasteiger partial charge in [-0.2, -0.15) is 0 Å². The smallest absolute Gasteiger partial charge is 0.251 e. The van der Waals surface area contributed by atoms with Crippen LogP contribution < -0.4 is 14.8 Å². The van der Waals surface area contributed by atoms with Gasteiger partial charge in [-0.1, -0.05) is 25.8 Å². The molecule has 1 aliphatic rings. The largest absolute Gasteiger partial charge is 0.493 e. The van der Waals surface area contributed by atoms with Gasteiger partial charge in [0.15, 0.2) is 11.5 Å². The van der Waals surface area contributed by atoms with Gasteiger partial charge < -0.3 is 14.8 Å². The molecule has 0 aliphatic heterocycles. The predicted molar refractivity (Wildman–Crippen MR) is 92.3 cm³/mol. The van der Waals surface area contributed by atoms with Crippen LogP contribution in [0.15, 0.2) is 24.8 Å². The number of benzene rings is 1. The molecule has 1 N–H and O–H groups in total. The molecule has 0 radical (unpaired) electrons. The standard InChI is InChI=1S/C19H27NO3/c1-5-7-14-11-15(12-17(22-3)18(14)23-4)19(21)20-16-9-6-8-13(2)10-16/h5,11-13,16H,1,6-10H2,2-4H3,(H,20,21). The second-order valence-corrected chi connectivity index (χ2v) is 6.31. The van der Waals surface area contributed by atoms with Gasteiger partial charge in [-0.3, -0.25) is 4.79 Å². The Kier molecular flexibility index (Phi) is 6.08. The number of amides is 1. The molecule has 2 atom stereocenters. The zero-order valence-electron chi connectivity index (χ0n) is 14.4. The van der Waals surface area contributed by atoms with Gasteiger partial charge in [-0.15, -0.1) is 6.58 Å². The van der Waals surface area contributed by atoms with Gasteiger partial charge in [0.2, 0.25) is 0 Å². The number of rotatable bonds is 6. The molecule has 1 fully saturated rings. The maximum Gasteiger partial charge on any atom is 0.251 e. The predicted octanol–water partition coefficient (Wildman–Crippen LogP) is 3.74. The van der Waals surface area contributed by atoms with Crippen molar-refractivity contribution < 1.29 is 14.3 Å². The molecule has 1 aliphatic carbocycles. The lowest BCUT2D eigenvalue weighted by Gasteiger charge is -2.27. The van der Waals surface area contributed by atoms with Crippen molar-refractivity contribution in [3.8, 4) is 11.5 Å². The minimum atomic E-state index is -0.0460. The molecule has 0 spiro atoms. The van der Waals surface area contributed by atoms with Crippen LogP contribution in [0.4, 0.5) is 0 Å². The Balaban J connectivity index is 2.21. The SMILES string of the molecule is C=CCc1cc(C(=O)NC2CCCC(C)C2)cc(OC)c1OC. The summed E-state index contributed by atoms with van der Waals surface area (Å²) in [4.78, 5) is 12.6. The first-order chi connectivity index (χ1) is 11.1. The first-order valence-electron chi connectivity index (χ1n) is 8.25. The number of nitrogens with one attached hydrogen (secondary N) is 1. The number of carbonyl (C=O) groups excluding carboxylic acids is 1. The highest BCUT2D eigenvalue weighted by atomic mass is 16.5. The van der Waals surface area contributed by atoms with Crippen LogP contribution in [0.5, 0.6) is 11.5 Å². The molecule has 1 saturated carbocycles. The van der Waals surface area contributed by atoms with E-state index in [1.807, 2.05) is 6.07 Å². The third-order valence-electron chi connectivity index (χ3n) is 4.45. The number of allylic oxidation sites excluding steroid dienone is 1. The molecule has 4 heteroatoms. The highest BCUT2D eigenvalue weighted by molar-refractivity contribution is 5.95. The lowest BCUT2D eigenvalue weighted by Crippen LogP contribution is -2.38. The van der Waals surface area contributed by atoms with Gasteiger partial charge in [0.1, 0.15) is 0 Å². The Bertz CT molecular complexity index is 568. The van der Waals surface area contributed by atoms with Crippen LogP contribution in [0.3, 0.4) is 0 Å². The average molecular weight is 317 g/mol. The maximum atomic E-state index is 12.6. The van der Waals surface area contributed by atoms with E-state index < -0.39 is 0 Å². The minimum Gasteiger partial charge on any atom is -0.493 e. The molecular formula is C19H27NO3. The van der Waals surface area contributed by atoms with E-state index >= 15 is 0 Å². The summed E-state index contributed by atoms with van der Waals surface area (Å²) in [6, 6.07) is 3.87. The van der Waals surface area contributed by atoms with E-state index in [9.17, 15) is 4.79 Å². The van der Waals surface area contributed by atoms with Crippen LogP contribution in [-0.4, -0.2) is 26.2 Å². The average Bonchev–Trinajstić information content (AvgIpc) is 2.54. The molecule has 0 saturated heterocycles. The monoisotopic (exact) mass is 317 g/mol. The van der Waals surface area contributed by atoms with Crippen molar-refractivity contribution in [1.29, 1.82) is 0 Å². The fourth-order valence-electron chi connectivity index (χ4n) is 3.32. The molecule has 126 valence electrons. The fraction of sp³-hybridized carbons (Fsp3) is 0.526. The number of carbonyl (C=O) groups is 1. The lowest BCUT2D eigenvalue weighted by molar-refractivity contribution is 0.0921. The van der Waals surface area contributed by atoms with Gasteiger partial charge in [-0.25, -0.2) is 0 Å². The van der Waals surface area contributed by atoms with Crippen molar-refractivity contribution in [2.75, 3.05) is 14.2 Å². The summed E-state index contributed by atoms with van der Waals surface area (Å²) in [7, 11) is 3.19. The third-order valence-corrected chi connectivity index (χ3v) is 4.45. The molecule has 1 amide bonds. The zero-order chi connectivity index (χ0) is 16.8. The van der Waals surface area contributed by atoms with Crippen molar-refractivity contribution >= 4 is 5.91 Å². The molecule has 4 nitrogen and oxygen atoms in total. The number of ether oxygens (including phenoxy) is 2. The van der Waals surface area contributed by atoms with Crippen LogP contribution in [0.1, 0.15) is 48.5 Å². The van der Waals surface area contributed by atoms with E-state index in [2.05, 4.69) is 18.8 Å². The Morgan fingerprint density at radius 1 is 1.35 bits per heavy atom. The summed E-state index contributed by atoms with van der Waals surface area (Å²) in [5, 5.41) is 3.16. The molecular weight excluding hydrogens is 290 g/mol. The summed E-state index contributed by atoms with van der Waals surface area (Å²) in [6.07, 6.45) is 6.97. The molecule has 1 aromatic carbocycles. The Labute approximate surface area is 138 Å². The zero-order valence-corrected chi connectivity index (χ0v) is 14.4. The van der Waals surface area contributed by atoms with Crippen molar-refractivity contribution in [2.45, 2.75) is 45.1 Å². The topological polar surface area (TPSA) is 47.6 Å². The number of methoxy groups -OCH3 is 2. The van der Waals surface area contributed by atoms with E-state index in [0.29, 0.717) is 29.4 Å². The van der Waals surface area contributed by atoms with E-state index in [1.165, 1.54) is 12.8 Å². The second kappa shape index (κ2) is 8.04. The van der Waals surface area contributed by atoms with Crippen molar-refractivity contribution in [3.63, 3.8) is 0 Å². The molecule has 0 heterocycles. The summed E-state index contributed by atoms with van der Waals surface area (Å²) in [5.41, 5.74) is 1.52. The molecule has 1 aromatic rings. The van der Waals surface area contributed by atoms with Crippen LogP contribution >= 0.6 is 0 Å². The molecule has 2 unspecified atom stereocenters. The summed E-state index contributed by atoms with van der Waals surface area (Å²) in [5.74, 6) is 1.87. The van der Waals surface area contributed by atoms with Gasteiger partial charge in [-0.05, 0) is 37.3 Å². The highest BCUT2D eigenvalue weighted by Crippen LogP contribution is 2.33. The molecule has 0 bridgehead atoms. The van der Waals surface area contributed by atoms with E-state index in [-0.39, 0.29) is 11.9 Å². The summed E-state index contributed by atoms with van der Waals surface area (Å²) < 4.78 is 10.8. The van der Waals surface area contributed by atoms with E-state index in [1.54, 1.807) is 26.4 Å². The van der Waals surface area contributed by atoms with E-state index in [0.717, 1.165) is 18.4 Å². The van der Waals surface area contributed by atoms with Crippen LogP contribution in [-0.2, 0) is 6.42 Å². The third kappa shape index (κ3) is 4.27. The Morgan fingerprint density at radius 2 is 2.13 bits per heavy atom. The second-order valence-electron chi connectivity index (χ2n) is 6.31. The van der Waals surface area contributed by atoms with Gasteiger partial charge >= 0.3 is 0 Å². The lowest BCUT2D eigenvalue weighted by atomic mass is 9.87. The first-order valence-corrected chi connectivity index (χ1v) is 8.25. The first kappa shape index (κ1) is 17.4. The fourth-order valence-corrected chi connectivity index (χ4v) is 3.32. The van der Waals surface area contributed by atoms with Crippen LogP contribution in [0.2, 0.25) is 0 Å². The molecule has 0 aromatic heterocycles. The quantitative estimate of drug-likeness (QED) is 0.813. The molecule has 2 rings (SSSR count). The molecule has 23 heavy (non-hydrogen) atoms.